The van der Waals surface area contributed by atoms with E-state index in [2.05, 4.69) is 10.3 Å². The highest BCUT2D eigenvalue weighted by molar-refractivity contribution is 8.01. The fraction of sp³-hybridized carbons (Fsp3) is 0.0625. The van der Waals surface area contributed by atoms with Crippen molar-refractivity contribution in [3.05, 3.63) is 58.1 Å². The molecule has 0 unspecified atom stereocenters. The molecule has 0 fully saturated rings. The number of carbonyl (C=O) groups is 1. The molecule has 0 spiro atoms. The standard InChI is InChI=1S/C16H10N4O3S2/c17-8-10-7-11(20(22)23)5-6-12(10)18-15(21)9-24-16-19-13-3-1-2-4-14(13)25-16/h1-7H,9H2,(H,18,21). The normalized spacial score (nSPS) is 10.4. The lowest BCUT2D eigenvalue weighted by atomic mass is 10.1. The van der Waals surface area contributed by atoms with Crippen molar-refractivity contribution >= 4 is 50.6 Å². The number of nitrogens with one attached hydrogen (secondary N) is 1. The molecule has 2 aromatic carbocycles. The molecule has 1 heterocycles. The first-order valence-electron chi connectivity index (χ1n) is 7.03. The smallest absolute Gasteiger partial charge is 0.270 e. The number of thioether (sulfide) groups is 1. The van der Waals surface area contributed by atoms with E-state index in [1.807, 2.05) is 30.3 Å². The number of hydrogen-bond acceptors (Lipinski definition) is 7. The third-order valence-electron chi connectivity index (χ3n) is 3.21. The van der Waals surface area contributed by atoms with Gasteiger partial charge in [-0.25, -0.2) is 4.98 Å². The maximum Gasteiger partial charge on any atom is 0.270 e. The molecule has 1 aromatic heterocycles. The lowest BCUT2D eigenvalue weighted by Gasteiger charge is -2.06. The van der Waals surface area contributed by atoms with Crippen molar-refractivity contribution in [2.45, 2.75) is 4.34 Å². The Bertz CT molecular complexity index is 977. The van der Waals surface area contributed by atoms with Crippen molar-refractivity contribution in [1.82, 2.24) is 4.98 Å². The van der Waals surface area contributed by atoms with Gasteiger partial charge in [0, 0.05) is 12.1 Å². The number of rotatable bonds is 5. The van der Waals surface area contributed by atoms with Gasteiger partial charge >= 0.3 is 0 Å². The Hall–Kier alpha value is -2.96. The van der Waals surface area contributed by atoms with Crippen LogP contribution in [-0.4, -0.2) is 21.6 Å². The van der Waals surface area contributed by atoms with E-state index >= 15 is 0 Å². The minimum absolute atomic E-state index is 0.0486. The van der Waals surface area contributed by atoms with E-state index in [0.717, 1.165) is 20.6 Å². The molecule has 0 bridgehead atoms. The molecule has 1 amide bonds. The zero-order valence-electron chi connectivity index (χ0n) is 12.6. The van der Waals surface area contributed by atoms with Crippen LogP contribution in [0.1, 0.15) is 5.56 Å². The van der Waals surface area contributed by atoms with Crippen LogP contribution in [0.25, 0.3) is 10.2 Å². The Morgan fingerprint density at radius 2 is 2.16 bits per heavy atom. The number of benzene rings is 2. The zero-order valence-corrected chi connectivity index (χ0v) is 14.3. The molecule has 3 rings (SSSR count). The molecule has 0 radical (unpaired) electrons. The van der Waals surface area contributed by atoms with Crippen LogP contribution >= 0.6 is 23.1 Å². The van der Waals surface area contributed by atoms with Crippen molar-refractivity contribution in [2.24, 2.45) is 0 Å². The number of nitrogens with zero attached hydrogens (tertiary/aromatic N) is 3. The first-order valence-corrected chi connectivity index (χ1v) is 8.84. The second-order valence-electron chi connectivity index (χ2n) is 4.88. The fourth-order valence-electron chi connectivity index (χ4n) is 2.07. The second-order valence-corrected chi connectivity index (χ2v) is 7.14. The third-order valence-corrected chi connectivity index (χ3v) is 5.39. The zero-order chi connectivity index (χ0) is 17.8. The predicted molar refractivity (Wildman–Crippen MR) is 96.8 cm³/mol. The van der Waals surface area contributed by atoms with Crippen molar-refractivity contribution in [2.75, 3.05) is 11.1 Å². The number of amides is 1. The number of thiazole rings is 1. The topological polar surface area (TPSA) is 109 Å². The third kappa shape index (κ3) is 3.93. The molecule has 3 aromatic rings. The molecular formula is C16H10N4O3S2. The van der Waals surface area contributed by atoms with Gasteiger partial charge in [-0.15, -0.1) is 11.3 Å². The minimum Gasteiger partial charge on any atom is -0.324 e. The molecule has 0 saturated carbocycles. The Kier molecular flexibility index (Phi) is 4.92. The van der Waals surface area contributed by atoms with Crippen LogP contribution in [0.3, 0.4) is 0 Å². The van der Waals surface area contributed by atoms with Crippen LogP contribution in [-0.2, 0) is 4.79 Å². The number of nitro benzene ring substituents is 1. The number of aromatic nitrogens is 1. The van der Waals surface area contributed by atoms with E-state index in [1.54, 1.807) is 0 Å². The summed E-state index contributed by atoms with van der Waals surface area (Å²) in [5, 5.41) is 22.4. The molecule has 25 heavy (non-hydrogen) atoms. The summed E-state index contributed by atoms with van der Waals surface area (Å²) in [4.78, 5) is 26.7. The number of nitriles is 1. The maximum absolute atomic E-state index is 12.1. The summed E-state index contributed by atoms with van der Waals surface area (Å²) in [7, 11) is 0. The lowest BCUT2D eigenvalue weighted by Crippen LogP contribution is -2.15. The summed E-state index contributed by atoms with van der Waals surface area (Å²) < 4.78 is 1.83. The minimum atomic E-state index is -0.588. The van der Waals surface area contributed by atoms with E-state index in [0.29, 0.717) is 0 Å². The summed E-state index contributed by atoms with van der Waals surface area (Å²) in [6.07, 6.45) is 0. The molecule has 0 aliphatic rings. The summed E-state index contributed by atoms with van der Waals surface area (Å²) in [6, 6.07) is 13.3. The average Bonchev–Trinajstić information content (AvgIpc) is 3.03. The Morgan fingerprint density at radius 3 is 2.88 bits per heavy atom. The van der Waals surface area contributed by atoms with Gasteiger partial charge in [0.05, 0.1) is 32.1 Å². The largest absolute Gasteiger partial charge is 0.324 e. The van der Waals surface area contributed by atoms with E-state index in [4.69, 9.17) is 5.26 Å². The average molecular weight is 370 g/mol. The van der Waals surface area contributed by atoms with Crippen LogP contribution in [0.2, 0.25) is 0 Å². The van der Waals surface area contributed by atoms with Crippen molar-refractivity contribution < 1.29 is 9.72 Å². The van der Waals surface area contributed by atoms with Gasteiger partial charge in [-0.3, -0.25) is 14.9 Å². The van der Waals surface area contributed by atoms with E-state index in [1.165, 1.54) is 35.2 Å². The highest BCUT2D eigenvalue weighted by Gasteiger charge is 2.13. The number of anilines is 1. The van der Waals surface area contributed by atoms with Crippen LogP contribution in [0.4, 0.5) is 11.4 Å². The van der Waals surface area contributed by atoms with Crippen LogP contribution < -0.4 is 5.32 Å². The summed E-state index contributed by atoms with van der Waals surface area (Å²) in [5.74, 6) is -0.184. The highest BCUT2D eigenvalue weighted by Crippen LogP contribution is 2.29. The SMILES string of the molecule is N#Cc1cc([N+](=O)[O-])ccc1NC(=O)CSc1nc2ccccc2s1. The van der Waals surface area contributed by atoms with Crippen molar-refractivity contribution in [3.8, 4) is 6.07 Å². The van der Waals surface area contributed by atoms with Gasteiger partial charge in [-0.05, 0) is 18.2 Å². The van der Waals surface area contributed by atoms with E-state index in [9.17, 15) is 14.9 Å². The lowest BCUT2D eigenvalue weighted by molar-refractivity contribution is -0.384. The Morgan fingerprint density at radius 1 is 1.36 bits per heavy atom. The number of fused-ring (bicyclic) bond motifs is 1. The fourth-order valence-corrected chi connectivity index (χ4v) is 3.94. The number of non-ortho nitro benzene ring substituents is 1. The number of hydrogen-bond donors (Lipinski definition) is 1. The number of carbonyl (C=O) groups excluding carboxylic acids is 1. The summed E-state index contributed by atoms with van der Waals surface area (Å²) in [5.41, 5.74) is 0.992. The molecule has 0 atom stereocenters. The van der Waals surface area contributed by atoms with Crippen LogP contribution in [0.15, 0.2) is 46.8 Å². The van der Waals surface area contributed by atoms with E-state index < -0.39 is 4.92 Å². The molecule has 0 aliphatic carbocycles. The van der Waals surface area contributed by atoms with Crippen LogP contribution in [0, 0.1) is 21.4 Å². The first-order chi connectivity index (χ1) is 12.1. The summed E-state index contributed by atoms with van der Waals surface area (Å²) >= 11 is 2.80. The van der Waals surface area contributed by atoms with Crippen molar-refractivity contribution in [1.29, 1.82) is 5.26 Å². The number of para-hydroxylation sites is 1. The van der Waals surface area contributed by atoms with Crippen molar-refractivity contribution in [3.63, 3.8) is 0 Å². The first kappa shape index (κ1) is 16.9. The van der Waals surface area contributed by atoms with E-state index in [-0.39, 0.29) is 28.6 Å². The molecule has 7 nitrogen and oxygen atoms in total. The Balaban J connectivity index is 1.66. The molecule has 0 aliphatic heterocycles. The molecular weight excluding hydrogens is 360 g/mol. The summed E-state index contributed by atoms with van der Waals surface area (Å²) in [6.45, 7) is 0. The monoisotopic (exact) mass is 370 g/mol. The van der Waals surface area contributed by atoms with Gasteiger partial charge in [0.2, 0.25) is 5.91 Å². The predicted octanol–water partition coefficient (Wildman–Crippen LogP) is 3.81. The van der Waals surface area contributed by atoms with Gasteiger partial charge < -0.3 is 5.32 Å². The number of nitro groups is 1. The van der Waals surface area contributed by atoms with Gasteiger partial charge in [0.25, 0.3) is 5.69 Å². The van der Waals surface area contributed by atoms with Crippen LogP contribution in [0.5, 0.6) is 0 Å². The molecule has 124 valence electrons. The van der Waals surface area contributed by atoms with Gasteiger partial charge in [-0.1, -0.05) is 23.9 Å². The highest BCUT2D eigenvalue weighted by atomic mass is 32.2. The molecule has 9 heteroatoms. The van der Waals surface area contributed by atoms with Gasteiger partial charge in [-0.2, -0.15) is 5.26 Å². The molecule has 0 saturated heterocycles. The molecule has 1 N–H and O–H groups in total. The quantitative estimate of drug-likeness (QED) is 0.415. The maximum atomic E-state index is 12.1. The van der Waals surface area contributed by atoms with Gasteiger partial charge in [0.1, 0.15) is 6.07 Å². The van der Waals surface area contributed by atoms with Gasteiger partial charge in [0.15, 0.2) is 4.34 Å². The Labute approximate surface area is 150 Å². The second kappa shape index (κ2) is 7.29.